The largest absolute Gasteiger partial charge is 0.497 e. The number of nitrogens with one attached hydrogen (secondary N) is 1. The SMILES string of the molecule is CCNC(=O)[C@@H](C)N(Cc1cccc(OC)c1)C(=O)CCCN(c1ccc(C)cc1)S(C)(=O)=O. The van der Waals surface area contributed by atoms with Gasteiger partial charge >= 0.3 is 0 Å². The van der Waals surface area contributed by atoms with E-state index in [9.17, 15) is 18.0 Å². The van der Waals surface area contributed by atoms with Gasteiger partial charge in [-0.05, 0) is 57.0 Å². The third-order valence-electron chi connectivity index (χ3n) is 5.48. The minimum Gasteiger partial charge on any atom is -0.497 e. The molecule has 0 bridgehead atoms. The van der Waals surface area contributed by atoms with Gasteiger partial charge in [0, 0.05) is 26.1 Å². The van der Waals surface area contributed by atoms with Crippen LogP contribution in [0.2, 0.25) is 0 Å². The summed E-state index contributed by atoms with van der Waals surface area (Å²) in [4.78, 5) is 27.2. The fourth-order valence-electron chi connectivity index (χ4n) is 3.59. The van der Waals surface area contributed by atoms with Gasteiger partial charge in [-0.15, -0.1) is 0 Å². The first kappa shape index (κ1) is 27.2. The van der Waals surface area contributed by atoms with Gasteiger partial charge in [-0.2, -0.15) is 0 Å². The van der Waals surface area contributed by atoms with Crippen LogP contribution in [0.15, 0.2) is 48.5 Å². The molecular weight excluding hydrogens is 454 g/mol. The Bertz CT molecular complexity index is 1070. The number of benzene rings is 2. The molecule has 2 amide bonds. The van der Waals surface area contributed by atoms with Gasteiger partial charge in [0.25, 0.3) is 0 Å². The van der Waals surface area contributed by atoms with Crippen LogP contribution in [0.4, 0.5) is 5.69 Å². The van der Waals surface area contributed by atoms with E-state index in [-0.39, 0.29) is 31.3 Å². The molecule has 0 aliphatic heterocycles. The predicted octanol–water partition coefficient (Wildman–Crippen LogP) is 3.10. The molecule has 34 heavy (non-hydrogen) atoms. The van der Waals surface area contributed by atoms with Crippen LogP contribution < -0.4 is 14.4 Å². The van der Waals surface area contributed by atoms with Gasteiger partial charge in [0.05, 0.1) is 19.1 Å². The minimum atomic E-state index is -3.51. The highest BCUT2D eigenvalue weighted by Crippen LogP contribution is 2.20. The molecule has 2 aromatic rings. The maximum absolute atomic E-state index is 13.2. The quantitative estimate of drug-likeness (QED) is 0.494. The van der Waals surface area contributed by atoms with Gasteiger partial charge in [0.15, 0.2) is 0 Å². The topological polar surface area (TPSA) is 96.0 Å². The van der Waals surface area contributed by atoms with Gasteiger partial charge in [0.1, 0.15) is 11.8 Å². The Morgan fingerprint density at radius 1 is 1.12 bits per heavy atom. The lowest BCUT2D eigenvalue weighted by Gasteiger charge is -2.29. The summed E-state index contributed by atoms with van der Waals surface area (Å²) in [6.07, 6.45) is 1.57. The Morgan fingerprint density at radius 2 is 1.79 bits per heavy atom. The summed E-state index contributed by atoms with van der Waals surface area (Å²) in [5.41, 5.74) is 2.42. The maximum atomic E-state index is 13.2. The van der Waals surface area contributed by atoms with E-state index in [1.165, 1.54) is 9.21 Å². The van der Waals surface area contributed by atoms with Crippen molar-refractivity contribution in [1.82, 2.24) is 10.2 Å². The molecule has 0 saturated carbocycles. The van der Waals surface area contributed by atoms with E-state index >= 15 is 0 Å². The van der Waals surface area contributed by atoms with Gasteiger partial charge < -0.3 is 15.0 Å². The summed E-state index contributed by atoms with van der Waals surface area (Å²) in [7, 11) is -1.94. The van der Waals surface area contributed by atoms with Crippen LogP contribution in [0.1, 0.15) is 37.8 Å². The monoisotopic (exact) mass is 489 g/mol. The molecule has 9 heteroatoms. The van der Waals surface area contributed by atoms with Crippen molar-refractivity contribution in [3.8, 4) is 5.75 Å². The Balaban J connectivity index is 2.16. The highest BCUT2D eigenvalue weighted by atomic mass is 32.2. The van der Waals surface area contributed by atoms with Crippen LogP contribution in [0.3, 0.4) is 0 Å². The average Bonchev–Trinajstić information content (AvgIpc) is 2.80. The van der Waals surface area contributed by atoms with Gasteiger partial charge in [-0.1, -0.05) is 29.8 Å². The molecule has 0 aliphatic rings. The number of carbonyl (C=O) groups excluding carboxylic acids is 2. The number of hydrogen-bond acceptors (Lipinski definition) is 5. The summed E-state index contributed by atoms with van der Waals surface area (Å²) >= 11 is 0. The van der Waals surface area contributed by atoms with E-state index in [0.29, 0.717) is 24.4 Å². The number of methoxy groups -OCH3 is 1. The van der Waals surface area contributed by atoms with E-state index in [1.807, 2.05) is 50.2 Å². The van der Waals surface area contributed by atoms with E-state index < -0.39 is 16.1 Å². The molecule has 2 aromatic carbocycles. The van der Waals surface area contributed by atoms with Crippen molar-refractivity contribution in [3.63, 3.8) is 0 Å². The standard InChI is InChI=1S/C25H35N3O5S/c1-6-26-25(30)20(3)27(18-21-9-7-10-23(17-21)33-4)24(29)11-8-16-28(34(5,31)32)22-14-12-19(2)13-15-22/h7,9-10,12-15,17,20H,6,8,11,16,18H2,1-5H3,(H,26,30)/t20-/m1/s1. The Labute approximate surface area is 202 Å². The third-order valence-corrected chi connectivity index (χ3v) is 6.67. The first-order valence-corrected chi connectivity index (χ1v) is 13.2. The maximum Gasteiger partial charge on any atom is 0.242 e. The van der Waals surface area contributed by atoms with Gasteiger partial charge in [0.2, 0.25) is 21.8 Å². The molecule has 2 rings (SSSR count). The number of rotatable bonds is 12. The summed E-state index contributed by atoms with van der Waals surface area (Å²) < 4.78 is 31.3. The first-order chi connectivity index (χ1) is 16.1. The van der Waals surface area contributed by atoms with Gasteiger partial charge in [-0.3, -0.25) is 13.9 Å². The zero-order valence-corrected chi connectivity index (χ0v) is 21.4. The number of ether oxygens (including phenoxy) is 1. The molecular formula is C25H35N3O5S. The fraction of sp³-hybridized carbons (Fsp3) is 0.440. The summed E-state index contributed by atoms with van der Waals surface area (Å²) in [6.45, 7) is 6.31. The summed E-state index contributed by atoms with van der Waals surface area (Å²) in [6, 6.07) is 13.9. The van der Waals surface area contributed by atoms with Crippen molar-refractivity contribution in [1.29, 1.82) is 0 Å². The molecule has 0 unspecified atom stereocenters. The van der Waals surface area contributed by atoms with Crippen molar-refractivity contribution in [2.24, 2.45) is 0 Å². The Hall–Kier alpha value is -3.07. The summed E-state index contributed by atoms with van der Waals surface area (Å²) in [5, 5.41) is 2.76. The zero-order chi connectivity index (χ0) is 25.3. The fourth-order valence-corrected chi connectivity index (χ4v) is 4.55. The minimum absolute atomic E-state index is 0.103. The second kappa shape index (κ2) is 12.4. The number of carbonyl (C=O) groups is 2. The third kappa shape index (κ3) is 7.76. The van der Waals surface area contributed by atoms with Crippen molar-refractivity contribution < 1.29 is 22.7 Å². The molecule has 0 fully saturated rings. The van der Waals surface area contributed by atoms with Crippen LogP contribution in [-0.2, 0) is 26.2 Å². The molecule has 8 nitrogen and oxygen atoms in total. The second-order valence-corrected chi connectivity index (χ2v) is 10.1. The highest BCUT2D eigenvalue weighted by Gasteiger charge is 2.26. The highest BCUT2D eigenvalue weighted by molar-refractivity contribution is 7.92. The van der Waals surface area contributed by atoms with Crippen LogP contribution >= 0.6 is 0 Å². The number of likely N-dealkylation sites (N-methyl/N-ethyl adjacent to an activating group) is 1. The number of hydrogen-bond donors (Lipinski definition) is 1. The van der Waals surface area contributed by atoms with Crippen molar-refractivity contribution in [2.45, 2.75) is 46.2 Å². The molecule has 0 radical (unpaired) electrons. The van der Waals surface area contributed by atoms with Crippen LogP contribution in [0.5, 0.6) is 5.75 Å². The normalized spacial score (nSPS) is 12.0. The molecule has 1 atom stereocenters. The van der Waals surface area contributed by atoms with Crippen molar-refractivity contribution in [2.75, 3.05) is 30.8 Å². The number of anilines is 1. The van der Waals surface area contributed by atoms with Gasteiger partial charge in [-0.25, -0.2) is 8.42 Å². The molecule has 1 N–H and O–H groups in total. The van der Waals surface area contributed by atoms with E-state index in [2.05, 4.69) is 5.32 Å². The predicted molar refractivity (Wildman–Crippen MR) is 134 cm³/mol. The lowest BCUT2D eigenvalue weighted by atomic mass is 10.1. The van der Waals surface area contributed by atoms with Crippen LogP contribution in [-0.4, -0.2) is 57.6 Å². The molecule has 186 valence electrons. The lowest BCUT2D eigenvalue weighted by Crippen LogP contribution is -2.47. The number of aryl methyl sites for hydroxylation is 1. The van der Waals surface area contributed by atoms with Crippen LogP contribution in [0, 0.1) is 6.92 Å². The number of nitrogens with zero attached hydrogens (tertiary/aromatic N) is 2. The molecule has 0 aliphatic carbocycles. The van der Waals surface area contributed by atoms with E-state index in [1.54, 1.807) is 26.2 Å². The molecule has 0 spiro atoms. The molecule has 0 heterocycles. The Kier molecular flexibility index (Phi) is 9.92. The number of sulfonamides is 1. The van der Waals surface area contributed by atoms with Crippen molar-refractivity contribution in [3.05, 3.63) is 59.7 Å². The molecule has 0 saturated heterocycles. The first-order valence-electron chi connectivity index (χ1n) is 11.3. The number of amides is 2. The van der Waals surface area contributed by atoms with E-state index in [4.69, 9.17) is 4.74 Å². The van der Waals surface area contributed by atoms with Crippen LogP contribution in [0.25, 0.3) is 0 Å². The van der Waals surface area contributed by atoms with Crippen molar-refractivity contribution >= 4 is 27.5 Å². The smallest absolute Gasteiger partial charge is 0.242 e. The zero-order valence-electron chi connectivity index (χ0n) is 20.6. The second-order valence-electron chi connectivity index (χ2n) is 8.22. The van der Waals surface area contributed by atoms with E-state index in [0.717, 1.165) is 17.4 Å². The summed E-state index contributed by atoms with van der Waals surface area (Å²) in [5.74, 6) is 0.201. The molecule has 0 aromatic heterocycles. The Morgan fingerprint density at radius 3 is 2.38 bits per heavy atom. The average molecular weight is 490 g/mol. The lowest BCUT2D eigenvalue weighted by molar-refractivity contribution is -0.140.